The summed E-state index contributed by atoms with van der Waals surface area (Å²) in [7, 11) is -3.77. The number of nitrogens with zero attached hydrogens (tertiary/aromatic N) is 2. The van der Waals surface area contributed by atoms with Gasteiger partial charge in [-0.05, 0) is 58.7 Å². The maximum Gasteiger partial charge on any atom is 0.264 e. The van der Waals surface area contributed by atoms with E-state index in [1.54, 1.807) is 18.2 Å². The smallest absolute Gasteiger partial charge is 0.264 e. The van der Waals surface area contributed by atoms with E-state index in [4.69, 9.17) is 0 Å². The van der Waals surface area contributed by atoms with Crippen LogP contribution in [0.5, 0.6) is 0 Å². The largest absolute Gasteiger partial charge is 0.312 e. The van der Waals surface area contributed by atoms with Gasteiger partial charge in [-0.2, -0.15) is 0 Å². The molecule has 7 nitrogen and oxygen atoms in total. The number of anilines is 1. The molecule has 8 heteroatoms. The van der Waals surface area contributed by atoms with Crippen LogP contribution in [0.1, 0.15) is 11.1 Å². The molecule has 118 valence electrons. The van der Waals surface area contributed by atoms with Crippen LogP contribution in [0, 0.1) is 0 Å². The summed E-state index contributed by atoms with van der Waals surface area (Å²) < 4.78 is 32.5. The molecule has 2 heterocycles. The second-order valence-corrected chi connectivity index (χ2v) is 7.05. The van der Waals surface area contributed by atoms with E-state index < -0.39 is 10.0 Å². The molecule has 0 atom stereocenters. The molecule has 0 radical (unpaired) electrons. The SMILES string of the molecule is O=S(=O)(Nc1ccc2c(c1)CNCC2)c1cccc2nonc12. The van der Waals surface area contributed by atoms with Gasteiger partial charge in [0.2, 0.25) is 0 Å². The third-order valence-electron chi connectivity index (χ3n) is 3.88. The van der Waals surface area contributed by atoms with Crippen molar-refractivity contribution in [1.82, 2.24) is 15.6 Å². The Labute approximate surface area is 132 Å². The fourth-order valence-electron chi connectivity index (χ4n) is 2.75. The van der Waals surface area contributed by atoms with E-state index >= 15 is 0 Å². The third kappa shape index (κ3) is 2.55. The Kier molecular flexibility index (Phi) is 3.28. The van der Waals surface area contributed by atoms with Gasteiger partial charge in [-0.1, -0.05) is 12.1 Å². The topological polar surface area (TPSA) is 97.1 Å². The monoisotopic (exact) mass is 330 g/mol. The highest BCUT2D eigenvalue weighted by atomic mass is 32.2. The van der Waals surface area contributed by atoms with Crippen LogP contribution in [0.15, 0.2) is 45.9 Å². The summed E-state index contributed by atoms with van der Waals surface area (Å²) in [6.07, 6.45) is 0.951. The molecule has 0 fully saturated rings. The van der Waals surface area contributed by atoms with Crippen LogP contribution >= 0.6 is 0 Å². The van der Waals surface area contributed by atoms with E-state index in [9.17, 15) is 8.42 Å². The average Bonchev–Trinajstić information content (AvgIpc) is 3.02. The molecule has 1 aliphatic rings. The number of sulfonamides is 1. The minimum atomic E-state index is -3.77. The maximum atomic E-state index is 12.6. The number of benzene rings is 2. The van der Waals surface area contributed by atoms with Gasteiger partial charge in [0, 0.05) is 12.2 Å². The van der Waals surface area contributed by atoms with E-state index in [0.29, 0.717) is 11.2 Å². The highest BCUT2D eigenvalue weighted by Crippen LogP contribution is 2.24. The van der Waals surface area contributed by atoms with Crippen molar-refractivity contribution in [3.05, 3.63) is 47.5 Å². The lowest BCUT2D eigenvalue weighted by molar-refractivity contribution is 0.315. The van der Waals surface area contributed by atoms with E-state index in [-0.39, 0.29) is 10.4 Å². The normalized spacial score (nSPS) is 14.6. The molecule has 0 saturated carbocycles. The average molecular weight is 330 g/mol. The first kappa shape index (κ1) is 14.2. The molecule has 0 saturated heterocycles. The van der Waals surface area contributed by atoms with Crippen LogP contribution in [0.2, 0.25) is 0 Å². The lowest BCUT2D eigenvalue weighted by atomic mass is 10.0. The Balaban J connectivity index is 1.71. The first-order chi connectivity index (χ1) is 11.1. The Morgan fingerprint density at radius 1 is 1.13 bits per heavy atom. The number of fused-ring (bicyclic) bond motifs is 2. The lowest BCUT2D eigenvalue weighted by Gasteiger charge is -2.18. The summed E-state index contributed by atoms with van der Waals surface area (Å²) in [4.78, 5) is 0.0482. The van der Waals surface area contributed by atoms with E-state index in [2.05, 4.69) is 25.0 Å². The van der Waals surface area contributed by atoms with Crippen molar-refractivity contribution in [3.8, 4) is 0 Å². The van der Waals surface area contributed by atoms with Crippen molar-refractivity contribution < 1.29 is 13.0 Å². The summed E-state index contributed by atoms with van der Waals surface area (Å²) in [5, 5.41) is 10.6. The zero-order valence-corrected chi connectivity index (χ0v) is 12.9. The Bertz CT molecular complexity index is 981. The molecular formula is C15H14N4O3S. The van der Waals surface area contributed by atoms with Gasteiger partial charge in [0.1, 0.15) is 10.4 Å². The molecule has 1 aliphatic heterocycles. The molecule has 23 heavy (non-hydrogen) atoms. The zero-order chi connectivity index (χ0) is 15.9. The third-order valence-corrected chi connectivity index (χ3v) is 5.30. The van der Waals surface area contributed by atoms with Crippen LogP contribution in [0.25, 0.3) is 11.0 Å². The first-order valence-corrected chi connectivity index (χ1v) is 8.68. The van der Waals surface area contributed by atoms with Crippen LogP contribution in [0.4, 0.5) is 5.69 Å². The maximum absolute atomic E-state index is 12.6. The summed E-state index contributed by atoms with van der Waals surface area (Å²) in [5.41, 5.74) is 3.51. The van der Waals surface area contributed by atoms with Gasteiger partial charge >= 0.3 is 0 Å². The van der Waals surface area contributed by atoms with Crippen molar-refractivity contribution in [2.24, 2.45) is 0 Å². The van der Waals surface area contributed by atoms with E-state index in [1.807, 2.05) is 12.1 Å². The van der Waals surface area contributed by atoms with Gasteiger partial charge in [-0.3, -0.25) is 4.72 Å². The molecule has 0 amide bonds. The van der Waals surface area contributed by atoms with E-state index in [1.165, 1.54) is 11.6 Å². The summed E-state index contributed by atoms with van der Waals surface area (Å²) in [6, 6.07) is 10.3. The molecule has 0 bridgehead atoms. The molecular weight excluding hydrogens is 316 g/mol. The number of hydrogen-bond acceptors (Lipinski definition) is 6. The van der Waals surface area contributed by atoms with Crippen LogP contribution < -0.4 is 10.0 Å². The van der Waals surface area contributed by atoms with Gasteiger partial charge in [0.25, 0.3) is 10.0 Å². The quantitative estimate of drug-likeness (QED) is 0.758. The van der Waals surface area contributed by atoms with Crippen LogP contribution in [-0.2, 0) is 23.0 Å². The fourth-order valence-corrected chi connectivity index (χ4v) is 3.95. The fraction of sp³-hybridized carbons (Fsp3) is 0.200. The van der Waals surface area contributed by atoms with Crippen LogP contribution in [-0.4, -0.2) is 25.3 Å². The Morgan fingerprint density at radius 2 is 2.04 bits per heavy atom. The second kappa shape index (κ2) is 5.32. The van der Waals surface area contributed by atoms with Crippen molar-refractivity contribution in [1.29, 1.82) is 0 Å². The molecule has 0 unspecified atom stereocenters. The Morgan fingerprint density at radius 3 is 2.96 bits per heavy atom. The summed E-state index contributed by atoms with van der Waals surface area (Å²) in [6.45, 7) is 1.69. The molecule has 0 aliphatic carbocycles. The molecule has 3 aromatic rings. The first-order valence-electron chi connectivity index (χ1n) is 7.20. The van der Waals surface area contributed by atoms with Crippen molar-refractivity contribution >= 4 is 26.7 Å². The van der Waals surface area contributed by atoms with Gasteiger partial charge in [-0.15, -0.1) is 0 Å². The van der Waals surface area contributed by atoms with Crippen molar-refractivity contribution in [2.45, 2.75) is 17.9 Å². The zero-order valence-electron chi connectivity index (χ0n) is 12.1. The molecule has 0 spiro atoms. The predicted octanol–water partition coefficient (Wildman–Crippen LogP) is 1.67. The highest BCUT2D eigenvalue weighted by Gasteiger charge is 2.21. The Hall–Kier alpha value is -2.45. The molecule has 2 aromatic carbocycles. The van der Waals surface area contributed by atoms with E-state index in [0.717, 1.165) is 25.1 Å². The minimum Gasteiger partial charge on any atom is -0.312 e. The van der Waals surface area contributed by atoms with Crippen molar-refractivity contribution in [3.63, 3.8) is 0 Å². The standard InChI is InChI=1S/C15H14N4O3S/c20-23(21,14-3-1-2-13-15(14)18-22-17-13)19-12-5-4-10-6-7-16-9-11(10)8-12/h1-5,8,16,19H,6-7,9H2. The summed E-state index contributed by atoms with van der Waals surface area (Å²) in [5.74, 6) is 0. The molecule has 4 rings (SSSR count). The number of hydrogen-bond donors (Lipinski definition) is 2. The van der Waals surface area contributed by atoms with Gasteiger partial charge in [0.15, 0.2) is 5.52 Å². The lowest BCUT2D eigenvalue weighted by Crippen LogP contribution is -2.23. The highest BCUT2D eigenvalue weighted by molar-refractivity contribution is 7.93. The van der Waals surface area contributed by atoms with Gasteiger partial charge < -0.3 is 5.32 Å². The van der Waals surface area contributed by atoms with Crippen molar-refractivity contribution in [2.75, 3.05) is 11.3 Å². The molecule has 1 aromatic heterocycles. The number of nitrogens with one attached hydrogen (secondary N) is 2. The second-order valence-electron chi connectivity index (χ2n) is 5.40. The van der Waals surface area contributed by atoms with Crippen LogP contribution in [0.3, 0.4) is 0 Å². The summed E-state index contributed by atoms with van der Waals surface area (Å²) >= 11 is 0. The number of rotatable bonds is 3. The van der Waals surface area contributed by atoms with Gasteiger partial charge in [0.05, 0.1) is 0 Å². The minimum absolute atomic E-state index is 0.0482. The predicted molar refractivity (Wildman–Crippen MR) is 84.5 cm³/mol. The number of aromatic nitrogens is 2. The van der Waals surface area contributed by atoms with Gasteiger partial charge in [-0.25, -0.2) is 13.0 Å². The molecule has 2 N–H and O–H groups in total.